The molecule has 0 saturated carbocycles. The molecule has 0 aliphatic carbocycles. The molecule has 1 heterocycles. The average molecular weight is 264 g/mol. The molecule has 1 rings (SSSR count). The van der Waals surface area contributed by atoms with Crippen LogP contribution in [0.4, 0.5) is 0 Å². The summed E-state index contributed by atoms with van der Waals surface area (Å²) in [6, 6.07) is -1.05. The van der Waals surface area contributed by atoms with Crippen LogP contribution >= 0.6 is 0 Å². The number of nitrogens with one attached hydrogen (secondary N) is 2. The van der Waals surface area contributed by atoms with Crippen LogP contribution in [-0.2, 0) is 14.6 Å². The van der Waals surface area contributed by atoms with Crippen LogP contribution < -0.4 is 10.6 Å². The maximum atomic E-state index is 11.6. The molecule has 1 saturated heterocycles. The third-order valence-electron chi connectivity index (χ3n) is 2.61. The van der Waals surface area contributed by atoms with E-state index < -0.39 is 28.0 Å². The number of carbonyl (C=O) groups excluding carboxylic acids is 1. The molecule has 100 valence electrons. The van der Waals surface area contributed by atoms with E-state index in [9.17, 15) is 18.3 Å². The van der Waals surface area contributed by atoms with Gasteiger partial charge in [-0.15, -0.1) is 0 Å². The van der Waals surface area contributed by atoms with Gasteiger partial charge in [0.25, 0.3) is 0 Å². The second-order valence-corrected chi connectivity index (χ2v) is 6.96. The zero-order valence-electron chi connectivity index (χ0n) is 10.3. The van der Waals surface area contributed by atoms with Crippen LogP contribution in [0.5, 0.6) is 0 Å². The van der Waals surface area contributed by atoms with Gasteiger partial charge in [0.05, 0.1) is 23.7 Å². The van der Waals surface area contributed by atoms with E-state index in [0.29, 0.717) is 0 Å². The molecule has 0 aromatic carbocycles. The van der Waals surface area contributed by atoms with Crippen molar-refractivity contribution in [1.29, 1.82) is 0 Å². The van der Waals surface area contributed by atoms with Crippen molar-refractivity contribution in [2.24, 2.45) is 0 Å². The van der Waals surface area contributed by atoms with Gasteiger partial charge >= 0.3 is 0 Å². The van der Waals surface area contributed by atoms with Crippen LogP contribution in [0.25, 0.3) is 0 Å². The quantitative estimate of drug-likeness (QED) is 0.583. The normalized spacial score (nSPS) is 29.2. The van der Waals surface area contributed by atoms with E-state index >= 15 is 0 Å². The number of hydrogen-bond donors (Lipinski definition) is 3. The maximum absolute atomic E-state index is 11.6. The van der Waals surface area contributed by atoms with Gasteiger partial charge in [0.2, 0.25) is 5.91 Å². The Kier molecular flexibility index (Phi) is 4.51. The highest BCUT2D eigenvalue weighted by Crippen LogP contribution is 2.13. The minimum Gasteiger partial charge on any atom is -0.390 e. The van der Waals surface area contributed by atoms with Crippen LogP contribution in [0.1, 0.15) is 20.8 Å². The monoisotopic (exact) mass is 264 g/mol. The van der Waals surface area contributed by atoms with E-state index in [-0.39, 0.29) is 23.5 Å². The number of amides is 1. The van der Waals surface area contributed by atoms with Crippen molar-refractivity contribution in [1.82, 2.24) is 10.6 Å². The minimum atomic E-state index is -3.18. The van der Waals surface area contributed by atoms with Gasteiger partial charge in [-0.1, -0.05) is 0 Å². The highest BCUT2D eigenvalue weighted by atomic mass is 32.2. The number of carbonyl (C=O) groups is 1. The van der Waals surface area contributed by atoms with Crippen LogP contribution in [0.3, 0.4) is 0 Å². The zero-order valence-corrected chi connectivity index (χ0v) is 11.1. The molecular formula is C10H20N2O4S. The molecule has 0 radical (unpaired) electrons. The second kappa shape index (κ2) is 5.32. The van der Waals surface area contributed by atoms with Crippen molar-refractivity contribution in [2.45, 2.75) is 45.0 Å². The summed E-state index contributed by atoms with van der Waals surface area (Å²) in [6.07, 6.45) is -0.936. The van der Waals surface area contributed by atoms with Gasteiger partial charge in [-0.05, 0) is 20.8 Å². The predicted molar refractivity (Wildman–Crippen MR) is 64.3 cm³/mol. The Morgan fingerprint density at radius 1 is 1.29 bits per heavy atom. The molecule has 17 heavy (non-hydrogen) atoms. The summed E-state index contributed by atoms with van der Waals surface area (Å²) in [5.41, 5.74) is 0. The number of aliphatic hydroxyl groups excluding tert-OH is 1. The van der Waals surface area contributed by atoms with Crippen LogP contribution in [-0.4, -0.2) is 55.2 Å². The van der Waals surface area contributed by atoms with Crippen molar-refractivity contribution in [3.63, 3.8) is 0 Å². The summed E-state index contributed by atoms with van der Waals surface area (Å²) >= 11 is 0. The lowest BCUT2D eigenvalue weighted by molar-refractivity contribution is -0.123. The van der Waals surface area contributed by atoms with E-state index in [0.717, 1.165) is 0 Å². The first-order chi connectivity index (χ1) is 7.71. The van der Waals surface area contributed by atoms with Crippen molar-refractivity contribution < 1.29 is 18.3 Å². The van der Waals surface area contributed by atoms with Gasteiger partial charge in [0, 0.05) is 12.1 Å². The number of aliphatic hydroxyl groups is 1. The zero-order chi connectivity index (χ0) is 13.2. The molecule has 7 heteroatoms. The average Bonchev–Trinajstić information content (AvgIpc) is 2.38. The van der Waals surface area contributed by atoms with Crippen molar-refractivity contribution in [3.05, 3.63) is 0 Å². The van der Waals surface area contributed by atoms with Crippen LogP contribution in [0.2, 0.25) is 0 Å². The number of sulfone groups is 1. The van der Waals surface area contributed by atoms with Gasteiger partial charge in [0.1, 0.15) is 0 Å². The Morgan fingerprint density at radius 3 is 2.29 bits per heavy atom. The summed E-state index contributed by atoms with van der Waals surface area (Å²) in [5.74, 6) is -0.548. The molecule has 1 fully saturated rings. The largest absolute Gasteiger partial charge is 0.390 e. The van der Waals surface area contributed by atoms with E-state index in [2.05, 4.69) is 10.6 Å². The van der Waals surface area contributed by atoms with E-state index in [1.54, 1.807) is 6.92 Å². The molecule has 1 aliphatic rings. The van der Waals surface area contributed by atoms with Gasteiger partial charge < -0.3 is 10.4 Å². The summed E-state index contributed by atoms with van der Waals surface area (Å²) in [7, 11) is -3.18. The lowest BCUT2D eigenvalue weighted by Gasteiger charge is -2.21. The van der Waals surface area contributed by atoms with Crippen molar-refractivity contribution in [2.75, 3.05) is 11.5 Å². The van der Waals surface area contributed by atoms with Gasteiger partial charge in [0.15, 0.2) is 9.84 Å². The highest BCUT2D eigenvalue weighted by molar-refractivity contribution is 7.91. The highest BCUT2D eigenvalue weighted by Gasteiger charge is 2.37. The molecular weight excluding hydrogens is 244 g/mol. The first kappa shape index (κ1) is 14.4. The molecule has 1 aliphatic heterocycles. The summed E-state index contributed by atoms with van der Waals surface area (Å²) in [5, 5.41) is 15.1. The van der Waals surface area contributed by atoms with Crippen LogP contribution in [0.15, 0.2) is 0 Å². The van der Waals surface area contributed by atoms with Crippen LogP contribution in [0, 0.1) is 0 Å². The molecule has 6 nitrogen and oxygen atoms in total. The molecule has 1 amide bonds. The molecule has 0 bridgehead atoms. The Morgan fingerprint density at radius 2 is 1.88 bits per heavy atom. The number of hydrogen-bond acceptors (Lipinski definition) is 5. The third kappa shape index (κ3) is 4.25. The number of rotatable bonds is 4. The predicted octanol–water partition coefficient (Wildman–Crippen LogP) is -1.35. The Bertz CT molecular complexity index is 380. The molecule has 0 spiro atoms. The van der Waals surface area contributed by atoms with Gasteiger partial charge in [-0.2, -0.15) is 0 Å². The maximum Gasteiger partial charge on any atom is 0.237 e. The van der Waals surface area contributed by atoms with E-state index in [1.165, 1.54) is 0 Å². The first-order valence-corrected chi connectivity index (χ1v) is 7.48. The second-order valence-electron chi connectivity index (χ2n) is 4.80. The lowest BCUT2D eigenvalue weighted by atomic mass is 10.2. The topological polar surface area (TPSA) is 95.5 Å². The third-order valence-corrected chi connectivity index (χ3v) is 4.33. The fraction of sp³-hybridized carbons (Fsp3) is 0.900. The van der Waals surface area contributed by atoms with Crippen molar-refractivity contribution >= 4 is 15.7 Å². The Hall–Kier alpha value is -0.660. The smallest absolute Gasteiger partial charge is 0.237 e. The fourth-order valence-electron chi connectivity index (χ4n) is 1.79. The summed E-state index contributed by atoms with van der Waals surface area (Å²) in [6.45, 7) is 5.34. The molecule has 3 unspecified atom stereocenters. The first-order valence-electron chi connectivity index (χ1n) is 5.66. The summed E-state index contributed by atoms with van der Waals surface area (Å²) in [4.78, 5) is 11.6. The molecule has 3 atom stereocenters. The van der Waals surface area contributed by atoms with Crippen molar-refractivity contribution in [3.8, 4) is 0 Å². The fourth-order valence-corrected chi connectivity index (χ4v) is 3.55. The standard InChI is InChI=1S/C10H20N2O4S/c1-6(2)11-10(14)7(3)12-8-4-17(15,16)5-9(8)13/h6-9,12-13H,4-5H2,1-3H3,(H,11,14). The SMILES string of the molecule is CC(C)NC(=O)C(C)NC1CS(=O)(=O)CC1O. The minimum absolute atomic E-state index is 0.0315. The Labute approximate surface area is 102 Å². The van der Waals surface area contributed by atoms with E-state index in [1.807, 2.05) is 13.8 Å². The Balaban J connectivity index is 2.52. The van der Waals surface area contributed by atoms with Gasteiger partial charge in [-0.25, -0.2) is 8.42 Å². The van der Waals surface area contributed by atoms with Gasteiger partial charge in [-0.3, -0.25) is 10.1 Å². The molecule has 0 aromatic heterocycles. The molecule has 0 aromatic rings. The van der Waals surface area contributed by atoms with E-state index in [4.69, 9.17) is 0 Å². The summed E-state index contributed by atoms with van der Waals surface area (Å²) < 4.78 is 22.6. The molecule has 3 N–H and O–H groups in total. The lowest BCUT2D eigenvalue weighted by Crippen LogP contribution is -2.51.